The molecule has 128 valence electrons. The first-order chi connectivity index (χ1) is 12.0. The lowest BCUT2D eigenvalue weighted by Crippen LogP contribution is -2.19. The number of carbonyl (C=O) groups excluding carboxylic acids is 1. The van der Waals surface area contributed by atoms with Crippen LogP contribution < -0.4 is 10.1 Å². The number of phenols is 1. The van der Waals surface area contributed by atoms with Gasteiger partial charge in [0.05, 0.1) is 5.69 Å². The molecule has 8 heteroatoms. The number of amides is 1. The number of ether oxygens (including phenoxy) is 1. The Morgan fingerprint density at radius 3 is 2.60 bits per heavy atom. The van der Waals surface area contributed by atoms with Gasteiger partial charge < -0.3 is 15.2 Å². The molecule has 0 saturated carbocycles. The minimum Gasteiger partial charge on any atom is -0.506 e. The molecule has 0 saturated heterocycles. The van der Waals surface area contributed by atoms with Gasteiger partial charge in [-0.15, -0.1) is 0 Å². The topological polar surface area (TPSA) is 76.4 Å². The summed E-state index contributed by atoms with van der Waals surface area (Å²) in [6.45, 7) is 0.0406. The summed E-state index contributed by atoms with van der Waals surface area (Å²) < 4.78 is 6.97. The minimum absolute atomic E-state index is 0.0406. The first-order valence-electron chi connectivity index (χ1n) is 7.23. The van der Waals surface area contributed by atoms with E-state index in [1.54, 1.807) is 30.3 Å². The molecule has 0 fully saturated rings. The summed E-state index contributed by atoms with van der Waals surface area (Å²) in [5.74, 6) is 0.0646. The summed E-state index contributed by atoms with van der Waals surface area (Å²) >= 11 is 11.7. The van der Waals surface area contributed by atoms with E-state index < -0.39 is 5.91 Å². The molecule has 2 N–H and O–H groups in total. The third-order valence-corrected chi connectivity index (χ3v) is 3.81. The highest BCUT2D eigenvalue weighted by atomic mass is 35.5. The van der Waals surface area contributed by atoms with E-state index in [4.69, 9.17) is 27.9 Å². The van der Waals surface area contributed by atoms with Crippen LogP contribution in [-0.4, -0.2) is 20.8 Å². The zero-order chi connectivity index (χ0) is 17.8. The Labute approximate surface area is 153 Å². The Kier molecular flexibility index (Phi) is 5.11. The van der Waals surface area contributed by atoms with E-state index in [-0.39, 0.29) is 23.9 Å². The highest BCUT2D eigenvalue weighted by molar-refractivity contribution is 6.31. The van der Waals surface area contributed by atoms with E-state index in [0.717, 1.165) is 0 Å². The van der Waals surface area contributed by atoms with Crippen molar-refractivity contribution >= 4 is 34.8 Å². The number of phenolic OH excluding ortho intramolecular Hbond substituents is 1. The number of halogens is 2. The van der Waals surface area contributed by atoms with E-state index in [2.05, 4.69) is 10.4 Å². The lowest BCUT2D eigenvalue weighted by atomic mass is 10.3. The van der Waals surface area contributed by atoms with Gasteiger partial charge in [0.25, 0.3) is 5.91 Å². The first kappa shape index (κ1) is 17.1. The number of benzene rings is 2. The molecule has 6 nitrogen and oxygen atoms in total. The van der Waals surface area contributed by atoms with Crippen molar-refractivity contribution in [2.24, 2.45) is 0 Å². The van der Waals surface area contributed by atoms with Crippen LogP contribution in [0.1, 0.15) is 10.5 Å². The molecule has 1 aromatic heterocycles. The first-order valence-corrected chi connectivity index (χ1v) is 7.98. The third kappa shape index (κ3) is 4.23. The predicted molar refractivity (Wildman–Crippen MR) is 95.4 cm³/mol. The molecule has 2 aromatic carbocycles. The molecule has 0 spiro atoms. The van der Waals surface area contributed by atoms with Crippen LogP contribution in [0.2, 0.25) is 10.0 Å². The molecule has 0 unspecified atom stereocenters. The summed E-state index contributed by atoms with van der Waals surface area (Å²) in [5, 5.41) is 17.5. The van der Waals surface area contributed by atoms with Gasteiger partial charge in [0.1, 0.15) is 17.2 Å². The minimum atomic E-state index is -0.449. The molecular weight excluding hydrogens is 365 g/mol. The standard InChI is InChI=1S/C17H13Cl2N3O3/c18-11-1-4-13(5-2-11)25-10-22-15(7-8-20-22)17(24)21-14-9-12(19)3-6-16(14)23/h1-9,23H,10H2,(H,21,24). The van der Waals surface area contributed by atoms with Crippen LogP contribution >= 0.6 is 23.2 Å². The Bertz CT molecular complexity index is 894. The lowest BCUT2D eigenvalue weighted by Gasteiger charge is -2.11. The SMILES string of the molecule is O=C(Nc1cc(Cl)ccc1O)c1ccnn1COc1ccc(Cl)cc1. The van der Waals surface area contributed by atoms with E-state index >= 15 is 0 Å². The zero-order valence-electron chi connectivity index (χ0n) is 12.8. The number of anilines is 1. The predicted octanol–water partition coefficient (Wildman–Crippen LogP) is 4.18. The summed E-state index contributed by atoms with van der Waals surface area (Å²) in [5.41, 5.74) is 0.484. The number of aromatic hydroxyl groups is 1. The molecular formula is C17H13Cl2N3O3. The Morgan fingerprint density at radius 1 is 1.12 bits per heavy atom. The fraction of sp³-hybridized carbons (Fsp3) is 0.0588. The van der Waals surface area contributed by atoms with Crippen molar-refractivity contribution < 1.29 is 14.6 Å². The van der Waals surface area contributed by atoms with E-state index in [9.17, 15) is 9.90 Å². The van der Waals surface area contributed by atoms with Crippen LogP contribution in [0.5, 0.6) is 11.5 Å². The highest BCUT2D eigenvalue weighted by Gasteiger charge is 2.14. The van der Waals surface area contributed by atoms with Gasteiger partial charge in [-0.25, -0.2) is 4.68 Å². The van der Waals surface area contributed by atoms with Gasteiger partial charge >= 0.3 is 0 Å². The number of nitrogens with one attached hydrogen (secondary N) is 1. The average molecular weight is 378 g/mol. The van der Waals surface area contributed by atoms with E-state index in [0.29, 0.717) is 15.8 Å². The molecule has 0 radical (unpaired) electrons. The summed E-state index contributed by atoms with van der Waals surface area (Å²) in [7, 11) is 0. The van der Waals surface area contributed by atoms with Gasteiger partial charge in [-0.3, -0.25) is 4.79 Å². The van der Waals surface area contributed by atoms with Crippen molar-refractivity contribution in [3.63, 3.8) is 0 Å². The quantitative estimate of drug-likeness (QED) is 0.653. The Balaban J connectivity index is 1.71. The average Bonchev–Trinajstić information content (AvgIpc) is 3.06. The molecule has 3 rings (SSSR count). The van der Waals surface area contributed by atoms with Gasteiger partial charge in [-0.2, -0.15) is 5.10 Å². The van der Waals surface area contributed by atoms with Gasteiger partial charge in [0.2, 0.25) is 0 Å². The maximum Gasteiger partial charge on any atom is 0.274 e. The Hall–Kier alpha value is -2.70. The second-order valence-corrected chi connectivity index (χ2v) is 5.93. The van der Waals surface area contributed by atoms with Crippen LogP contribution in [0.25, 0.3) is 0 Å². The van der Waals surface area contributed by atoms with Gasteiger partial charge in [0, 0.05) is 16.2 Å². The molecule has 0 aliphatic rings. The van der Waals surface area contributed by atoms with E-state index in [1.165, 1.54) is 29.1 Å². The van der Waals surface area contributed by atoms with Crippen molar-refractivity contribution in [2.45, 2.75) is 6.73 Å². The number of aromatic nitrogens is 2. The molecule has 1 heterocycles. The van der Waals surface area contributed by atoms with Crippen molar-refractivity contribution in [3.05, 3.63) is 70.5 Å². The molecule has 3 aromatic rings. The van der Waals surface area contributed by atoms with Crippen molar-refractivity contribution in [1.82, 2.24) is 9.78 Å². The number of hydrogen-bond donors (Lipinski definition) is 2. The summed E-state index contributed by atoms with van der Waals surface area (Å²) in [6.07, 6.45) is 1.48. The largest absolute Gasteiger partial charge is 0.506 e. The van der Waals surface area contributed by atoms with Crippen LogP contribution in [0.3, 0.4) is 0 Å². The van der Waals surface area contributed by atoms with Crippen molar-refractivity contribution in [2.75, 3.05) is 5.32 Å². The molecule has 25 heavy (non-hydrogen) atoms. The Morgan fingerprint density at radius 2 is 1.84 bits per heavy atom. The smallest absolute Gasteiger partial charge is 0.274 e. The van der Waals surface area contributed by atoms with Gasteiger partial charge in [-0.1, -0.05) is 23.2 Å². The number of nitrogens with zero attached hydrogens (tertiary/aromatic N) is 2. The fourth-order valence-corrected chi connectivity index (χ4v) is 2.39. The van der Waals surface area contributed by atoms with Gasteiger partial charge in [-0.05, 0) is 48.5 Å². The maximum atomic E-state index is 12.4. The monoisotopic (exact) mass is 377 g/mol. The highest BCUT2D eigenvalue weighted by Crippen LogP contribution is 2.27. The zero-order valence-corrected chi connectivity index (χ0v) is 14.3. The number of rotatable bonds is 5. The summed E-state index contributed by atoms with van der Waals surface area (Å²) in [4.78, 5) is 12.4. The van der Waals surface area contributed by atoms with Crippen LogP contribution in [0.4, 0.5) is 5.69 Å². The maximum absolute atomic E-state index is 12.4. The molecule has 1 amide bonds. The van der Waals surface area contributed by atoms with Crippen molar-refractivity contribution in [1.29, 1.82) is 0 Å². The second-order valence-electron chi connectivity index (χ2n) is 5.06. The second kappa shape index (κ2) is 7.46. The van der Waals surface area contributed by atoms with Crippen LogP contribution in [0, 0.1) is 0 Å². The van der Waals surface area contributed by atoms with Gasteiger partial charge in [0.15, 0.2) is 6.73 Å². The normalized spacial score (nSPS) is 10.5. The lowest BCUT2D eigenvalue weighted by molar-refractivity contribution is 0.100. The third-order valence-electron chi connectivity index (χ3n) is 3.32. The van der Waals surface area contributed by atoms with E-state index in [1.807, 2.05) is 0 Å². The van der Waals surface area contributed by atoms with Crippen LogP contribution in [-0.2, 0) is 6.73 Å². The fourth-order valence-electron chi connectivity index (χ4n) is 2.09. The number of hydrogen-bond acceptors (Lipinski definition) is 4. The molecule has 0 aliphatic carbocycles. The molecule has 0 atom stereocenters. The molecule has 0 aliphatic heterocycles. The molecule has 0 bridgehead atoms. The summed E-state index contributed by atoms with van der Waals surface area (Å²) in [6, 6.07) is 12.8. The van der Waals surface area contributed by atoms with Crippen LogP contribution in [0.15, 0.2) is 54.7 Å². The number of carbonyl (C=O) groups is 1. The van der Waals surface area contributed by atoms with Crippen molar-refractivity contribution in [3.8, 4) is 11.5 Å².